The van der Waals surface area contributed by atoms with Crippen LogP contribution >= 0.6 is 0 Å². The highest BCUT2D eigenvalue weighted by atomic mass is 16.2. The molecule has 6 amide bonds. The van der Waals surface area contributed by atoms with Crippen molar-refractivity contribution in [2.75, 3.05) is 26.2 Å². The van der Waals surface area contributed by atoms with Crippen LogP contribution in [0.1, 0.15) is 77.2 Å². The predicted molar refractivity (Wildman–Crippen MR) is 202 cm³/mol. The fourth-order valence-electron chi connectivity index (χ4n) is 5.35. The second kappa shape index (κ2) is 26.0. The molecule has 0 fully saturated rings. The summed E-state index contributed by atoms with van der Waals surface area (Å²) in [5.41, 5.74) is 28.7. The molecule has 0 aliphatic carbocycles. The molecule has 0 radical (unpaired) electrons. The van der Waals surface area contributed by atoms with Gasteiger partial charge in [0, 0.05) is 13.0 Å². The lowest BCUT2D eigenvalue weighted by molar-refractivity contribution is -0.135. The average molecular weight is 747 g/mol. The number of nitrogens with one attached hydrogen (secondary N) is 7. The zero-order chi connectivity index (χ0) is 39.8. The number of rotatable bonds is 27. The Labute approximate surface area is 312 Å². The van der Waals surface area contributed by atoms with Crippen LogP contribution < -0.4 is 60.6 Å². The zero-order valence-corrected chi connectivity index (χ0v) is 31.1. The van der Waals surface area contributed by atoms with E-state index in [1.165, 1.54) is 0 Å². The summed E-state index contributed by atoms with van der Waals surface area (Å²) in [6, 6.07) is 3.69. The topological polar surface area (TPSA) is 329 Å². The monoisotopic (exact) mass is 746 g/mol. The maximum absolute atomic E-state index is 13.9. The van der Waals surface area contributed by atoms with Crippen LogP contribution in [0.15, 0.2) is 30.3 Å². The molecule has 0 spiro atoms. The molecular formula is C35H62N12O6. The Morgan fingerprint density at radius 2 is 1.15 bits per heavy atom. The van der Waals surface area contributed by atoms with E-state index in [0.29, 0.717) is 51.6 Å². The first-order valence-electron chi connectivity index (χ1n) is 18.2. The van der Waals surface area contributed by atoms with Crippen LogP contribution in [0, 0.1) is 11.3 Å². The van der Waals surface area contributed by atoms with Gasteiger partial charge >= 0.3 is 0 Å². The quantitative estimate of drug-likeness (QED) is 0.0257. The van der Waals surface area contributed by atoms with Gasteiger partial charge in [-0.1, -0.05) is 50.6 Å². The number of hydrogen-bond donors (Lipinski definition) is 12. The first kappa shape index (κ1) is 46.2. The van der Waals surface area contributed by atoms with Crippen molar-refractivity contribution in [2.45, 2.75) is 108 Å². The number of carbonyl (C=O) groups excluding carboxylic acids is 6. The second-order valence-electron chi connectivity index (χ2n) is 13.4. The van der Waals surface area contributed by atoms with E-state index in [1.54, 1.807) is 24.3 Å². The van der Waals surface area contributed by atoms with Crippen LogP contribution in [-0.4, -0.2) is 97.8 Å². The first-order valence-corrected chi connectivity index (χ1v) is 18.2. The molecule has 0 aromatic heterocycles. The summed E-state index contributed by atoms with van der Waals surface area (Å²) in [6.07, 6.45) is 3.69. The molecule has 298 valence electrons. The van der Waals surface area contributed by atoms with Gasteiger partial charge in [-0.2, -0.15) is 0 Å². The molecule has 5 atom stereocenters. The summed E-state index contributed by atoms with van der Waals surface area (Å²) in [5.74, 6) is -4.15. The fourth-order valence-corrected chi connectivity index (χ4v) is 5.35. The van der Waals surface area contributed by atoms with Gasteiger partial charge in [-0.05, 0) is 75.9 Å². The zero-order valence-electron chi connectivity index (χ0n) is 31.1. The van der Waals surface area contributed by atoms with Gasteiger partial charge in [0.15, 0.2) is 5.96 Å². The van der Waals surface area contributed by atoms with Crippen LogP contribution in [-0.2, 0) is 35.2 Å². The Balaban J connectivity index is 3.26. The number of guanidine groups is 1. The summed E-state index contributed by atoms with van der Waals surface area (Å²) in [6.45, 7) is 4.37. The van der Waals surface area contributed by atoms with Crippen molar-refractivity contribution in [1.82, 2.24) is 31.9 Å². The number of carbonyl (C=O) groups is 6. The van der Waals surface area contributed by atoms with E-state index in [2.05, 4.69) is 31.9 Å². The van der Waals surface area contributed by atoms with Crippen molar-refractivity contribution < 1.29 is 28.8 Å². The highest BCUT2D eigenvalue weighted by Crippen LogP contribution is 2.11. The van der Waals surface area contributed by atoms with Gasteiger partial charge in [0.05, 0.1) is 12.6 Å². The minimum Gasteiger partial charge on any atom is -0.370 e. The largest absolute Gasteiger partial charge is 0.370 e. The number of unbranched alkanes of at least 4 members (excludes halogenated alkanes) is 2. The van der Waals surface area contributed by atoms with Crippen molar-refractivity contribution in [3.8, 4) is 0 Å². The molecule has 5 unspecified atom stereocenters. The fraction of sp³-hybridized carbons (Fsp3) is 0.629. The third kappa shape index (κ3) is 20.1. The third-order valence-corrected chi connectivity index (χ3v) is 8.20. The van der Waals surface area contributed by atoms with Crippen molar-refractivity contribution in [3.63, 3.8) is 0 Å². The van der Waals surface area contributed by atoms with Crippen LogP contribution in [0.25, 0.3) is 0 Å². The standard InChI is InChI=1S/C35H62N12O6/c1-22(2)19-27(34(53)47-28(31(50)43-21-29(39)48)20-23-11-4-3-5-12-23)46-33(52)25(14-7-9-17-37)45-32(51)26(15-10-18-42-35(40)41)44-30(49)24(38)13-6-8-16-36/h3-5,11-12,22,24-28H,6-10,13-21,36-38H2,1-2H3,(H2,39,48)(H,43,50)(H,44,49)(H,45,51)(H,46,52)(H,47,53)(H4,40,41,42). The molecule has 18 heteroatoms. The molecule has 0 aliphatic heterocycles. The molecule has 17 N–H and O–H groups in total. The van der Waals surface area contributed by atoms with Crippen molar-refractivity contribution in [3.05, 3.63) is 35.9 Å². The van der Waals surface area contributed by atoms with E-state index >= 15 is 0 Å². The predicted octanol–water partition coefficient (Wildman–Crippen LogP) is -2.34. The van der Waals surface area contributed by atoms with Gasteiger partial charge in [-0.3, -0.25) is 34.2 Å². The van der Waals surface area contributed by atoms with Gasteiger partial charge in [0.25, 0.3) is 0 Å². The molecule has 18 nitrogen and oxygen atoms in total. The molecular weight excluding hydrogens is 684 g/mol. The molecule has 0 bridgehead atoms. The molecule has 53 heavy (non-hydrogen) atoms. The van der Waals surface area contributed by atoms with Crippen LogP contribution in [0.3, 0.4) is 0 Å². The van der Waals surface area contributed by atoms with Gasteiger partial charge < -0.3 is 60.6 Å². The number of hydrogen-bond acceptors (Lipinski definition) is 10. The minimum atomic E-state index is -1.11. The maximum Gasteiger partial charge on any atom is 0.243 e. The Morgan fingerprint density at radius 1 is 0.642 bits per heavy atom. The first-order chi connectivity index (χ1) is 25.2. The highest BCUT2D eigenvalue weighted by Gasteiger charge is 2.32. The Hall–Kier alpha value is -4.81. The van der Waals surface area contributed by atoms with E-state index in [4.69, 9.17) is 34.1 Å². The third-order valence-electron chi connectivity index (χ3n) is 8.20. The van der Waals surface area contributed by atoms with Crippen molar-refractivity contribution in [1.29, 1.82) is 5.41 Å². The van der Waals surface area contributed by atoms with E-state index in [0.717, 1.165) is 5.56 Å². The molecule has 0 saturated heterocycles. The molecule has 1 aromatic rings. The molecule has 0 aliphatic rings. The highest BCUT2D eigenvalue weighted by molar-refractivity contribution is 5.96. The lowest BCUT2D eigenvalue weighted by Crippen LogP contribution is -2.59. The van der Waals surface area contributed by atoms with E-state index < -0.39 is 72.2 Å². The number of primary amides is 1. The van der Waals surface area contributed by atoms with Crippen LogP contribution in [0.2, 0.25) is 0 Å². The summed E-state index contributed by atoms with van der Waals surface area (Å²) in [5, 5.41) is 23.4. The van der Waals surface area contributed by atoms with E-state index in [-0.39, 0.29) is 44.1 Å². The SMILES string of the molecule is CC(C)CC(NC(=O)C(CCCCN)NC(=O)C(CCCNC(=N)N)NC(=O)C(N)CCCCN)C(=O)NC(Cc1ccccc1)C(=O)NCC(N)=O. The lowest BCUT2D eigenvalue weighted by atomic mass is 10.00. The number of nitrogens with two attached hydrogens (primary N) is 5. The second-order valence-corrected chi connectivity index (χ2v) is 13.4. The number of benzene rings is 1. The van der Waals surface area contributed by atoms with Crippen molar-refractivity contribution >= 4 is 41.4 Å². The van der Waals surface area contributed by atoms with Gasteiger partial charge in [0.1, 0.15) is 24.2 Å². The summed E-state index contributed by atoms with van der Waals surface area (Å²) in [7, 11) is 0. The van der Waals surface area contributed by atoms with Gasteiger partial charge in [0.2, 0.25) is 35.4 Å². The normalized spacial score (nSPS) is 13.8. The summed E-state index contributed by atoms with van der Waals surface area (Å²) < 4.78 is 0. The van der Waals surface area contributed by atoms with E-state index in [9.17, 15) is 28.8 Å². The average Bonchev–Trinajstić information content (AvgIpc) is 3.10. The smallest absolute Gasteiger partial charge is 0.243 e. The molecule has 0 heterocycles. The minimum absolute atomic E-state index is 0.0649. The van der Waals surface area contributed by atoms with Crippen LogP contribution in [0.4, 0.5) is 0 Å². The Kier molecular flexibility index (Phi) is 22.7. The Bertz CT molecular complexity index is 1320. The van der Waals surface area contributed by atoms with Gasteiger partial charge in [-0.15, -0.1) is 0 Å². The maximum atomic E-state index is 13.9. The van der Waals surface area contributed by atoms with Gasteiger partial charge in [-0.25, -0.2) is 0 Å². The number of amides is 6. The van der Waals surface area contributed by atoms with Crippen LogP contribution in [0.5, 0.6) is 0 Å². The Morgan fingerprint density at radius 3 is 1.70 bits per heavy atom. The molecule has 1 rings (SSSR count). The molecule has 1 aromatic carbocycles. The van der Waals surface area contributed by atoms with E-state index in [1.807, 2.05) is 19.9 Å². The summed E-state index contributed by atoms with van der Waals surface area (Å²) in [4.78, 5) is 78.7. The summed E-state index contributed by atoms with van der Waals surface area (Å²) >= 11 is 0. The molecule has 0 saturated carbocycles. The lowest BCUT2D eigenvalue weighted by Gasteiger charge is -2.27. The van der Waals surface area contributed by atoms with Crippen molar-refractivity contribution in [2.24, 2.45) is 34.6 Å².